The lowest BCUT2D eigenvalue weighted by Gasteiger charge is -2.40. The lowest BCUT2D eigenvalue weighted by atomic mass is 9.88. The van der Waals surface area contributed by atoms with Gasteiger partial charge in [0, 0.05) is 48.3 Å². The molecule has 0 radical (unpaired) electrons. The number of aryl methyl sites for hydroxylation is 1. The summed E-state index contributed by atoms with van der Waals surface area (Å²) in [5, 5.41) is 3.49. The van der Waals surface area contributed by atoms with E-state index in [0.717, 1.165) is 48.2 Å². The number of esters is 1. The SMILES string of the molecule is Cc1cn(-c2ccc(C(N)=O)c(NC3CCC(OC(=O)CN)CC3)c2)c2c1C(=O)N(C)C(C)(C)C2. The first-order chi connectivity index (χ1) is 16.5. The van der Waals surface area contributed by atoms with Crippen LogP contribution in [-0.4, -0.2) is 58.5 Å². The van der Waals surface area contributed by atoms with Gasteiger partial charge in [0.2, 0.25) is 0 Å². The molecule has 2 amide bonds. The van der Waals surface area contributed by atoms with Crippen molar-refractivity contribution in [2.45, 2.75) is 70.6 Å². The monoisotopic (exact) mass is 481 g/mol. The standard InChI is InChI=1S/C26H35N5O4/c1-15-14-31(21-12-26(2,3)30(4)25(34)23(15)21)17-7-10-19(24(28)33)20(11-17)29-16-5-8-18(9-6-16)35-22(32)13-27/h7,10-11,14,16,18,29H,5-6,8-9,12-13,27H2,1-4H3,(H2,28,33). The molecule has 0 unspecified atom stereocenters. The van der Waals surface area contributed by atoms with E-state index in [0.29, 0.717) is 17.7 Å². The number of nitrogens with one attached hydrogen (secondary N) is 1. The largest absolute Gasteiger partial charge is 0.461 e. The first-order valence-corrected chi connectivity index (χ1v) is 12.1. The molecule has 5 N–H and O–H groups in total. The van der Waals surface area contributed by atoms with Gasteiger partial charge in [0.1, 0.15) is 6.10 Å². The minimum absolute atomic E-state index is 0.0201. The fraction of sp³-hybridized carbons (Fsp3) is 0.500. The van der Waals surface area contributed by atoms with Crippen LogP contribution in [0.3, 0.4) is 0 Å². The molecule has 2 heterocycles. The van der Waals surface area contributed by atoms with Crippen molar-refractivity contribution < 1.29 is 19.1 Å². The van der Waals surface area contributed by atoms with Gasteiger partial charge in [-0.3, -0.25) is 14.4 Å². The van der Waals surface area contributed by atoms with Gasteiger partial charge in [0.05, 0.1) is 17.7 Å². The fourth-order valence-electron chi connectivity index (χ4n) is 5.15. The summed E-state index contributed by atoms with van der Waals surface area (Å²) >= 11 is 0. The number of carbonyl (C=O) groups is 3. The van der Waals surface area contributed by atoms with Gasteiger partial charge in [-0.25, -0.2) is 0 Å². The van der Waals surface area contributed by atoms with Crippen LogP contribution in [0.5, 0.6) is 0 Å². The fourth-order valence-corrected chi connectivity index (χ4v) is 5.15. The average molecular weight is 482 g/mol. The number of anilines is 1. The number of rotatable bonds is 6. The average Bonchev–Trinajstić information content (AvgIpc) is 3.13. The summed E-state index contributed by atoms with van der Waals surface area (Å²) in [5.74, 6) is -0.872. The summed E-state index contributed by atoms with van der Waals surface area (Å²) < 4.78 is 7.42. The van der Waals surface area contributed by atoms with Crippen molar-refractivity contribution in [1.82, 2.24) is 9.47 Å². The maximum atomic E-state index is 13.1. The molecular weight excluding hydrogens is 446 g/mol. The van der Waals surface area contributed by atoms with Gasteiger partial charge >= 0.3 is 5.97 Å². The number of amides is 2. The molecule has 188 valence electrons. The Balaban J connectivity index is 1.62. The van der Waals surface area contributed by atoms with E-state index >= 15 is 0 Å². The highest BCUT2D eigenvalue weighted by molar-refractivity contribution is 6.00. The minimum Gasteiger partial charge on any atom is -0.461 e. The lowest BCUT2D eigenvalue weighted by Crippen LogP contribution is -2.50. The summed E-state index contributed by atoms with van der Waals surface area (Å²) in [6.45, 7) is 5.95. The Morgan fingerprint density at radius 3 is 2.51 bits per heavy atom. The zero-order valence-electron chi connectivity index (χ0n) is 20.9. The van der Waals surface area contributed by atoms with Crippen LogP contribution in [0.15, 0.2) is 24.4 Å². The Labute approximate surface area is 205 Å². The van der Waals surface area contributed by atoms with E-state index in [2.05, 4.69) is 23.7 Å². The molecule has 4 rings (SSSR count). The molecule has 0 atom stereocenters. The molecule has 9 heteroatoms. The number of carbonyl (C=O) groups excluding carboxylic acids is 3. The van der Waals surface area contributed by atoms with Crippen molar-refractivity contribution in [3.63, 3.8) is 0 Å². The smallest absolute Gasteiger partial charge is 0.319 e. The summed E-state index contributed by atoms with van der Waals surface area (Å²) in [5.41, 5.74) is 15.3. The van der Waals surface area contributed by atoms with Crippen molar-refractivity contribution in [3.8, 4) is 5.69 Å². The third-order valence-corrected chi connectivity index (χ3v) is 7.37. The lowest BCUT2D eigenvalue weighted by molar-refractivity contribution is -0.148. The minimum atomic E-state index is -0.506. The molecule has 1 saturated carbocycles. The predicted octanol–water partition coefficient (Wildman–Crippen LogP) is 2.52. The zero-order valence-corrected chi connectivity index (χ0v) is 20.9. The van der Waals surface area contributed by atoms with Gasteiger partial charge in [0.25, 0.3) is 11.8 Å². The third-order valence-electron chi connectivity index (χ3n) is 7.37. The van der Waals surface area contributed by atoms with Crippen LogP contribution in [0.1, 0.15) is 71.5 Å². The zero-order chi connectivity index (χ0) is 25.5. The number of hydrogen-bond acceptors (Lipinski definition) is 6. The highest BCUT2D eigenvalue weighted by Gasteiger charge is 2.39. The predicted molar refractivity (Wildman–Crippen MR) is 134 cm³/mol. The molecule has 1 aromatic heterocycles. The molecule has 9 nitrogen and oxygen atoms in total. The summed E-state index contributed by atoms with van der Waals surface area (Å²) in [7, 11) is 1.84. The highest BCUT2D eigenvalue weighted by Crippen LogP contribution is 2.35. The molecule has 1 aliphatic carbocycles. The van der Waals surface area contributed by atoms with E-state index in [-0.39, 0.29) is 36.1 Å². The van der Waals surface area contributed by atoms with E-state index in [1.807, 2.05) is 32.3 Å². The summed E-state index contributed by atoms with van der Waals surface area (Å²) in [6.07, 6.45) is 5.60. The second-order valence-electron chi connectivity index (χ2n) is 10.3. The van der Waals surface area contributed by atoms with Crippen molar-refractivity contribution in [3.05, 3.63) is 46.8 Å². The quantitative estimate of drug-likeness (QED) is 0.543. The van der Waals surface area contributed by atoms with Crippen LogP contribution in [0, 0.1) is 6.92 Å². The van der Waals surface area contributed by atoms with Crippen molar-refractivity contribution >= 4 is 23.5 Å². The van der Waals surface area contributed by atoms with Crippen LogP contribution < -0.4 is 16.8 Å². The molecule has 1 fully saturated rings. The Morgan fingerprint density at radius 2 is 1.89 bits per heavy atom. The number of likely N-dealkylation sites (N-methyl/N-ethyl adjacent to an activating group) is 1. The topological polar surface area (TPSA) is 133 Å². The van der Waals surface area contributed by atoms with Gasteiger partial charge in [-0.2, -0.15) is 0 Å². The van der Waals surface area contributed by atoms with Gasteiger partial charge in [0.15, 0.2) is 0 Å². The maximum absolute atomic E-state index is 13.1. The molecular formula is C26H35N5O4. The first-order valence-electron chi connectivity index (χ1n) is 12.1. The van der Waals surface area contributed by atoms with Crippen molar-refractivity contribution in [2.75, 3.05) is 18.9 Å². The van der Waals surface area contributed by atoms with Crippen LogP contribution >= 0.6 is 0 Å². The number of fused-ring (bicyclic) bond motifs is 1. The molecule has 1 aromatic carbocycles. The second-order valence-corrected chi connectivity index (χ2v) is 10.3. The molecule has 1 aliphatic heterocycles. The molecule has 2 aromatic rings. The second kappa shape index (κ2) is 9.37. The number of aromatic nitrogens is 1. The molecule has 0 bridgehead atoms. The number of nitrogens with two attached hydrogens (primary N) is 2. The highest BCUT2D eigenvalue weighted by atomic mass is 16.5. The van der Waals surface area contributed by atoms with E-state index < -0.39 is 5.91 Å². The van der Waals surface area contributed by atoms with Crippen LogP contribution in [0.4, 0.5) is 5.69 Å². The first kappa shape index (κ1) is 24.8. The van der Waals surface area contributed by atoms with Crippen LogP contribution in [-0.2, 0) is 16.0 Å². The molecule has 2 aliphatic rings. The van der Waals surface area contributed by atoms with Crippen molar-refractivity contribution in [2.24, 2.45) is 11.5 Å². The van der Waals surface area contributed by atoms with Gasteiger partial charge in [-0.1, -0.05) is 0 Å². The molecule has 0 spiro atoms. The molecule has 0 saturated heterocycles. The van der Waals surface area contributed by atoms with E-state index in [4.69, 9.17) is 16.2 Å². The van der Waals surface area contributed by atoms with Crippen LogP contribution in [0.2, 0.25) is 0 Å². The number of hydrogen-bond donors (Lipinski definition) is 3. The maximum Gasteiger partial charge on any atom is 0.319 e. The third kappa shape index (κ3) is 4.77. The van der Waals surface area contributed by atoms with Crippen LogP contribution in [0.25, 0.3) is 5.69 Å². The van der Waals surface area contributed by atoms with Gasteiger partial charge in [-0.05, 0) is 70.2 Å². The number of ether oxygens (including phenoxy) is 1. The Morgan fingerprint density at radius 1 is 1.20 bits per heavy atom. The summed E-state index contributed by atoms with van der Waals surface area (Å²) in [6, 6.07) is 5.64. The number of benzene rings is 1. The van der Waals surface area contributed by atoms with Crippen molar-refractivity contribution in [1.29, 1.82) is 0 Å². The number of nitrogens with zero attached hydrogens (tertiary/aromatic N) is 2. The summed E-state index contributed by atoms with van der Waals surface area (Å²) in [4.78, 5) is 38.5. The van der Waals surface area contributed by atoms with Gasteiger partial charge < -0.3 is 31.0 Å². The number of primary amides is 1. The van der Waals surface area contributed by atoms with E-state index in [1.54, 1.807) is 11.0 Å². The Bertz CT molecular complexity index is 1160. The normalized spacial score (nSPS) is 21.4. The van der Waals surface area contributed by atoms with E-state index in [9.17, 15) is 14.4 Å². The molecule has 35 heavy (non-hydrogen) atoms. The van der Waals surface area contributed by atoms with Gasteiger partial charge in [-0.15, -0.1) is 0 Å². The van der Waals surface area contributed by atoms with E-state index in [1.165, 1.54) is 0 Å². The Kier molecular flexibility index (Phi) is 6.64. The Hall–Kier alpha value is -3.33.